The molecule has 0 atom stereocenters. The van der Waals surface area contributed by atoms with Crippen molar-refractivity contribution in [1.29, 1.82) is 0 Å². The van der Waals surface area contributed by atoms with Crippen LogP contribution in [0.25, 0.3) is 10.9 Å². The van der Waals surface area contributed by atoms with Gasteiger partial charge >= 0.3 is 0 Å². The molecule has 2 aromatic rings. The molecule has 1 aromatic heterocycles. The maximum Gasteiger partial charge on any atom is 0.200 e. The second kappa shape index (κ2) is 2.34. The molecular weight excluding hydrogens is 152 g/mol. The van der Waals surface area contributed by atoms with Gasteiger partial charge in [-0.15, -0.1) is 0 Å². The van der Waals surface area contributed by atoms with Crippen molar-refractivity contribution in [2.45, 2.75) is 0 Å². The number of benzene rings is 1. The Balaban J connectivity index is 2.96. The molecule has 1 radical (unpaired) electrons. The molecule has 0 spiro atoms. The maximum absolute atomic E-state index is 5.68. The van der Waals surface area contributed by atoms with E-state index in [-0.39, 0.29) is 0 Å². The summed E-state index contributed by atoms with van der Waals surface area (Å²) >= 11 is 0. The van der Waals surface area contributed by atoms with Crippen molar-refractivity contribution >= 4 is 22.4 Å². The van der Waals surface area contributed by atoms with Crippen LogP contribution >= 0.6 is 0 Å². The number of anilines is 2. The fraction of sp³-hybridized carbons (Fsp3) is 0. The summed E-state index contributed by atoms with van der Waals surface area (Å²) in [6.45, 7) is 0. The van der Waals surface area contributed by atoms with Crippen molar-refractivity contribution in [1.82, 2.24) is 9.97 Å². The van der Waals surface area contributed by atoms with Gasteiger partial charge in [-0.1, -0.05) is 6.07 Å². The Hall–Kier alpha value is -1.84. The maximum atomic E-state index is 5.68. The predicted molar refractivity (Wildman–Crippen MR) is 47.2 cm³/mol. The average molecular weight is 159 g/mol. The highest BCUT2D eigenvalue weighted by atomic mass is 14.9. The fourth-order valence-electron chi connectivity index (χ4n) is 1.12. The van der Waals surface area contributed by atoms with Crippen molar-refractivity contribution in [2.24, 2.45) is 0 Å². The zero-order chi connectivity index (χ0) is 8.55. The molecule has 0 unspecified atom stereocenters. The molecule has 4 heteroatoms. The van der Waals surface area contributed by atoms with E-state index in [4.69, 9.17) is 11.5 Å². The fourth-order valence-corrected chi connectivity index (χ4v) is 1.12. The molecule has 0 aliphatic heterocycles. The highest BCUT2D eigenvalue weighted by Crippen LogP contribution is 2.22. The third-order valence-corrected chi connectivity index (χ3v) is 1.67. The lowest BCUT2D eigenvalue weighted by atomic mass is 10.2. The lowest BCUT2D eigenvalue weighted by Gasteiger charge is -2.01. The van der Waals surface area contributed by atoms with Crippen LogP contribution in [-0.4, -0.2) is 9.97 Å². The monoisotopic (exact) mass is 159 g/mol. The topological polar surface area (TPSA) is 77.8 Å². The van der Waals surface area contributed by atoms with Crippen LogP contribution in [0.15, 0.2) is 18.2 Å². The van der Waals surface area contributed by atoms with E-state index in [1.165, 1.54) is 0 Å². The molecule has 0 bridgehead atoms. The summed E-state index contributed by atoms with van der Waals surface area (Å²) in [5.74, 6) is 0.373. The van der Waals surface area contributed by atoms with Crippen LogP contribution in [0.4, 0.5) is 11.5 Å². The summed E-state index contributed by atoms with van der Waals surface area (Å²) in [6, 6.07) is 5.40. The number of aromatic nitrogens is 2. The Kier molecular flexibility index (Phi) is 1.33. The normalized spacial score (nSPS) is 10.3. The predicted octanol–water partition coefficient (Wildman–Crippen LogP) is 0.594. The first-order valence-corrected chi connectivity index (χ1v) is 3.47. The van der Waals surface area contributed by atoms with E-state index >= 15 is 0 Å². The summed E-state index contributed by atoms with van der Waals surface area (Å²) in [4.78, 5) is 7.64. The lowest BCUT2D eigenvalue weighted by molar-refractivity contribution is 1.21. The zero-order valence-electron chi connectivity index (χ0n) is 6.28. The Bertz CT molecular complexity index is 388. The molecule has 0 saturated carbocycles. The molecule has 0 saturated heterocycles. The van der Waals surface area contributed by atoms with Crippen molar-refractivity contribution in [3.63, 3.8) is 0 Å². The van der Waals surface area contributed by atoms with Crippen LogP contribution in [0.1, 0.15) is 0 Å². The van der Waals surface area contributed by atoms with Gasteiger partial charge < -0.3 is 11.5 Å². The van der Waals surface area contributed by atoms with Gasteiger partial charge in [0.05, 0.1) is 10.9 Å². The largest absolute Gasteiger partial charge is 0.398 e. The molecule has 1 aromatic carbocycles. The van der Waals surface area contributed by atoms with Crippen molar-refractivity contribution < 1.29 is 0 Å². The first-order chi connectivity index (χ1) is 5.79. The molecule has 12 heavy (non-hydrogen) atoms. The highest BCUT2D eigenvalue weighted by molar-refractivity contribution is 5.97. The molecular formula is C8H7N4. The average Bonchev–Trinajstić information content (AvgIpc) is 2.04. The SMILES string of the molecule is Nc1cccc2n[c]nc(N)c12. The van der Waals surface area contributed by atoms with Gasteiger partial charge in [0.2, 0.25) is 0 Å². The number of nitrogens with zero attached hydrogens (tertiary/aromatic N) is 2. The van der Waals surface area contributed by atoms with Crippen LogP contribution in [-0.2, 0) is 0 Å². The summed E-state index contributed by atoms with van der Waals surface area (Å²) in [5, 5.41) is 0.705. The molecule has 0 amide bonds. The molecule has 1 heterocycles. The molecule has 4 N–H and O–H groups in total. The standard InChI is InChI=1S/C8H7N4/c9-5-2-1-3-6-7(5)8(10)12-4-11-6/h1-3H,9H2,(H2,10,11,12). The van der Waals surface area contributed by atoms with Crippen LogP contribution in [0, 0.1) is 6.33 Å². The number of hydrogen-bond donors (Lipinski definition) is 2. The van der Waals surface area contributed by atoms with E-state index < -0.39 is 0 Å². The van der Waals surface area contributed by atoms with Gasteiger partial charge in [-0.25, -0.2) is 9.97 Å². The number of fused-ring (bicyclic) bond motifs is 1. The van der Waals surface area contributed by atoms with Gasteiger partial charge in [0.15, 0.2) is 6.33 Å². The quantitative estimate of drug-likeness (QED) is 0.551. The number of rotatable bonds is 0. The van der Waals surface area contributed by atoms with Crippen LogP contribution < -0.4 is 11.5 Å². The first-order valence-electron chi connectivity index (χ1n) is 3.47. The molecule has 0 fully saturated rings. The molecule has 4 nitrogen and oxygen atoms in total. The van der Waals surface area contributed by atoms with Gasteiger partial charge in [0, 0.05) is 5.69 Å². The molecule has 2 rings (SSSR count). The summed E-state index contributed by atoms with van der Waals surface area (Å²) in [5.41, 5.74) is 12.6. The van der Waals surface area contributed by atoms with E-state index in [1.54, 1.807) is 6.07 Å². The van der Waals surface area contributed by atoms with E-state index in [9.17, 15) is 0 Å². The Morgan fingerprint density at radius 3 is 2.75 bits per heavy atom. The van der Waals surface area contributed by atoms with E-state index in [0.29, 0.717) is 16.9 Å². The minimum Gasteiger partial charge on any atom is -0.398 e. The van der Waals surface area contributed by atoms with Gasteiger partial charge in [-0.2, -0.15) is 0 Å². The smallest absolute Gasteiger partial charge is 0.200 e. The van der Waals surface area contributed by atoms with Gasteiger partial charge in [-0.3, -0.25) is 0 Å². The molecule has 0 aliphatic carbocycles. The summed E-state index contributed by atoms with van der Waals surface area (Å²) in [6.07, 6.45) is 2.45. The Labute approximate surface area is 69.2 Å². The Morgan fingerprint density at radius 1 is 1.17 bits per heavy atom. The second-order valence-corrected chi connectivity index (χ2v) is 2.45. The second-order valence-electron chi connectivity index (χ2n) is 2.45. The Morgan fingerprint density at radius 2 is 2.00 bits per heavy atom. The minimum absolute atomic E-state index is 0.373. The molecule has 59 valence electrons. The third kappa shape index (κ3) is 0.852. The summed E-state index contributed by atoms with van der Waals surface area (Å²) < 4.78 is 0. The van der Waals surface area contributed by atoms with E-state index in [2.05, 4.69) is 16.3 Å². The zero-order valence-corrected chi connectivity index (χ0v) is 6.28. The van der Waals surface area contributed by atoms with Crippen molar-refractivity contribution in [2.75, 3.05) is 11.5 Å². The van der Waals surface area contributed by atoms with E-state index in [0.717, 1.165) is 5.52 Å². The number of nitrogen functional groups attached to an aromatic ring is 2. The summed E-state index contributed by atoms with van der Waals surface area (Å²) in [7, 11) is 0. The van der Waals surface area contributed by atoms with Gasteiger partial charge in [0.25, 0.3) is 0 Å². The van der Waals surface area contributed by atoms with Crippen molar-refractivity contribution in [3.8, 4) is 0 Å². The van der Waals surface area contributed by atoms with Gasteiger partial charge in [-0.05, 0) is 12.1 Å². The minimum atomic E-state index is 0.373. The third-order valence-electron chi connectivity index (χ3n) is 1.67. The highest BCUT2D eigenvalue weighted by Gasteiger charge is 2.02. The van der Waals surface area contributed by atoms with Crippen LogP contribution in [0.5, 0.6) is 0 Å². The van der Waals surface area contributed by atoms with Crippen LogP contribution in [0.3, 0.4) is 0 Å². The van der Waals surface area contributed by atoms with Crippen LogP contribution in [0.2, 0.25) is 0 Å². The van der Waals surface area contributed by atoms with E-state index in [1.807, 2.05) is 12.1 Å². The number of hydrogen-bond acceptors (Lipinski definition) is 4. The van der Waals surface area contributed by atoms with Gasteiger partial charge in [0.1, 0.15) is 5.82 Å². The van der Waals surface area contributed by atoms with Crippen molar-refractivity contribution in [3.05, 3.63) is 24.5 Å². The lowest BCUT2D eigenvalue weighted by Crippen LogP contribution is -1.96. The first kappa shape index (κ1) is 6.84. The molecule has 0 aliphatic rings. The number of nitrogens with two attached hydrogens (primary N) is 2.